The predicted octanol–water partition coefficient (Wildman–Crippen LogP) is 3.23. The first-order valence-corrected chi connectivity index (χ1v) is 6.45. The van der Waals surface area contributed by atoms with Crippen LogP contribution in [0.25, 0.3) is 11.1 Å². The van der Waals surface area contributed by atoms with Crippen molar-refractivity contribution in [3.63, 3.8) is 0 Å². The highest BCUT2D eigenvalue weighted by atomic mass is 16.4. The van der Waals surface area contributed by atoms with Crippen molar-refractivity contribution in [2.75, 3.05) is 0 Å². The number of hydrogen-bond donors (Lipinski definition) is 1. The van der Waals surface area contributed by atoms with Crippen LogP contribution in [0.2, 0.25) is 0 Å². The van der Waals surface area contributed by atoms with Crippen LogP contribution in [0.3, 0.4) is 0 Å². The van der Waals surface area contributed by atoms with E-state index in [1.54, 1.807) is 0 Å². The van der Waals surface area contributed by atoms with Gasteiger partial charge in [-0.25, -0.2) is 4.98 Å². The lowest BCUT2D eigenvalue weighted by Crippen LogP contribution is -2.12. The van der Waals surface area contributed by atoms with E-state index in [0.717, 1.165) is 29.0 Å². The third-order valence-electron chi connectivity index (χ3n) is 3.13. The number of furan rings is 1. The van der Waals surface area contributed by atoms with Crippen LogP contribution in [0, 0.1) is 0 Å². The zero-order valence-corrected chi connectivity index (χ0v) is 10.8. The molecule has 2 aromatic heterocycles. The number of nitrogens with zero attached hydrogens (tertiary/aromatic N) is 1. The van der Waals surface area contributed by atoms with Crippen LogP contribution in [0.5, 0.6) is 0 Å². The van der Waals surface area contributed by atoms with Gasteiger partial charge in [0.25, 0.3) is 0 Å². The van der Waals surface area contributed by atoms with Crippen LogP contribution >= 0.6 is 0 Å². The van der Waals surface area contributed by atoms with Gasteiger partial charge < -0.3 is 14.6 Å². The highest BCUT2D eigenvalue weighted by molar-refractivity contribution is 5.72. The van der Waals surface area contributed by atoms with Gasteiger partial charge in [-0.2, -0.15) is 0 Å². The molecule has 0 bridgehead atoms. The van der Waals surface area contributed by atoms with E-state index in [0.29, 0.717) is 12.3 Å². The van der Waals surface area contributed by atoms with Crippen LogP contribution in [-0.4, -0.2) is 4.98 Å². The summed E-state index contributed by atoms with van der Waals surface area (Å²) in [6.07, 6.45) is 1.40. The summed E-state index contributed by atoms with van der Waals surface area (Å²) in [6.45, 7) is 2.05. The second-order valence-corrected chi connectivity index (χ2v) is 4.54. The molecule has 0 fully saturated rings. The van der Waals surface area contributed by atoms with Gasteiger partial charge >= 0.3 is 0 Å². The highest BCUT2D eigenvalue weighted by Gasteiger charge is 2.15. The highest BCUT2D eigenvalue weighted by Crippen LogP contribution is 2.21. The zero-order chi connectivity index (χ0) is 13.2. The van der Waals surface area contributed by atoms with Crippen molar-refractivity contribution in [1.82, 2.24) is 4.98 Å². The van der Waals surface area contributed by atoms with E-state index in [1.807, 2.05) is 36.4 Å². The zero-order valence-electron chi connectivity index (χ0n) is 10.8. The Hall–Kier alpha value is -2.07. The summed E-state index contributed by atoms with van der Waals surface area (Å²) in [4.78, 5) is 4.42. The maximum atomic E-state index is 6.12. The van der Waals surface area contributed by atoms with Gasteiger partial charge in [0.2, 0.25) is 0 Å². The Morgan fingerprint density at radius 3 is 2.74 bits per heavy atom. The molecule has 3 rings (SSSR count). The van der Waals surface area contributed by atoms with E-state index in [4.69, 9.17) is 14.6 Å². The average Bonchev–Trinajstić information content (AvgIpc) is 3.04. The van der Waals surface area contributed by atoms with Gasteiger partial charge in [0, 0.05) is 12.8 Å². The predicted molar refractivity (Wildman–Crippen MR) is 72.7 cm³/mol. The molecule has 0 aliphatic heterocycles. The molecular weight excluding hydrogens is 240 g/mol. The molecule has 0 saturated heterocycles. The van der Waals surface area contributed by atoms with Gasteiger partial charge in [0.05, 0.1) is 6.04 Å². The van der Waals surface area contributed by atoms with Crippen molar-refractivity contribution in [2.24, 2.45) is 5.73 Å². The van der Waals surface area contributed by atoms with E-state index < -0.39 is 0 Å². The van der Waals surface area contributed by atoms with E-state index in [9.17, 15) is 0 Å². The molecule has 19 heavy (non-hydrogen) atoms. The van der Waals surface area contributed by atoms with Gasteiger partial charge in [0.1, 0.15) is 17.0 Å². The number of aryl methyl sites for hydroxylation is 1. The van der Waals surface area contributed by atoms with Crippen LogP contribution in [0.4, 0.5) is 0 Å². The van der Waals surface area contributed by atoms with Gasteiger partial charge in [-0.1, -0.05) is 19.1 Å². The molecule has 2 N–H and O–H groups in total. The fourth-order valence-corrected chi connectivity index (χ4v) is 2.08. The Morgan fingerprint density at radius 1 is 1.16 bits per heavy atom. The number of para-hydroxylation sites is 2. The molecule has 1 aromatic carbocycles. The average molecular weight is 256 g/mol. The lowest BCUT2D eigenvalue weighted by atomic mass is 10.2. The van der Waals surface area contributed by atoms with E-state index in [2.05, 4.69) is 11.9 Å². The summed E-state index contributed by atoms with van der Waals surface area (Å²) in [5.74, 6) is 2.37. The Morgan fingerprint density at radius 2 is 2.00 bits per heavy atom. The summed E-state index contributed by atoms with van der Waals surface area (Å²) in [5, 5.41) is 0. The topological polar surface area (TPSA) is 65.2 Å². The molecule has 2 heterocycles. The molecule has 0 aliphatic rings. The number of fused-ring (bicyclic) bond motifs is 1. The molecule has 3 aromatic rings. The fraction of sp³-hybridized carbons (Fsp3) is 0.267. The third-order valence-corrected chi connectivity index (χ3v) is 3.13. The van der Waals surface area contributed by atoms with Crippen molar-refractivity contribution in [3.8, 4) is 0 Å². The lowest BCUT2D eigenvalue weighted by Gasteiger charge is -2.05. The van der Waals surface area contributed by atoms with E-state index >= 15 is 0 Å². The summed E-state index contributed by atoms with van der Waals surface area (Å²) >= 11 is 0. The first-order valence-electron chi connectivity index (χ1n) is 6.45. The molecule has 0 aliphatic carbocycles. The number of hydrogen-bond acceptors (Lipinski definition) is 4. The number of rotatable bonds is 4. The van der Waals surface area contributed by atoms with E-state index in [-0.39, 0.29) is 6.04 Å². The van der Waals surface area contributed by atoms with Crippen LogP contribution in [0.15, 0.2) is 45.2 Å². The molecule has 0 saturated carbocycles. The Kier molecular flexibility index (Phi) is 3.09. The van der Waals surface area contributed by atoms with Crippen LogP contribution < -0.4 is 5.73 Å². The Balaban J connectivity index is 1.80. The number of benzene rings is 1. The second kappa shape index (κ2) is 4.90. The van der Waals surface area contributed by atoms with Crippen LogP contribution in [-0.2, 0) is 12.8 Å². The van der Waals surface area contributed by atoms with Crippen molar-refractivity contribution >= 4 is 11.1 Å². The third kappa shape index (κ3) is 2.39. The largest absolute Gasteiger partial charge is 0.464 e. The summed E-state index contributed by atoms with van der Waals surface area (Å²) in [7, 11) is 0. The fourth-order valence-electron chi connectivity index (χ4n) is 2.08. The number of oxazole rings is 1. The Bertz CT molecular complexity index is 651. The quantitative estimate of drug-likeness (QED) is 0.778. The van der Waals surface area contributed by atoms with Crippen LogP contribution in [0.1, 0.15) is 30.4 Å². The number of aromatic nitrogens is 1. The van der Waals surface area contributed by atoms with E-state index in [1.165, 1.54) is 0 Å². The second-order valence-electron chi connectivity index (χ2n) is 4.54. The molecule has 1 unspecified atom stereocenters. The minimum Gasteiger partial charge on any atom is -0.464 e. The minimum absolute atomic E-state index is 0.228. The minimum atomic E-state index is -0.228. The molecule has 4 nitrogen and oxygen atoms in total. The van der Waals surface area contributed by atoms with Crippen molar-refractivity contribution < 1.29 is 8.83 Å². The van der Waals surface area contributed by atoms with Gasteiger partial charge in [-0.05, 0) is 24.3 Å². The van der Waals surface area contributed by atoms with Gasteiger partial charge in [-0.15, -0.1) is 0 Å². The first kappa shape index (κ1) is 12.0. The molecule has 1 atom stereocenters. The van der Waals surface area contributed by atoms with Gasteiger partial charge in [-0.3, -0.25) is 0 Å². The molecular formula is C15H16N2O2. The monoisotopic (exact) mass is 256 g/mol. The summed E-state index contributed by atoms with van der Waals surface area (Å²) in [6, 6.07) is 11.3. The normalized spacial score (nSPS) is 12.9. The molecule has 0 spiro atoms. The summed E-state index contributed by atoms with van der Waals surface area (Å²) < 4.78 is 11.3. The molecule has 0 radical (unpaired) electrons. The Labute approximate surface area is 111 Å². The maximum absolute atomic E-state index is 6.12. The SMILES string of the molecule is CCc1ccc(C(N)Cc2nc3ccccc3o2)o1. The smallest absolute Gasteiger partial charge is 0.197 e. The molecule has 4 heteroatoms. The van der Waals surface area contributed by atoms with Crippen molar-refractivity contribution in [1.29, 1.82) is 0 Å². The van der Waals surface area contributed by atoms with Crippen molar-refractivity contribution in [2.45, 2.75) is 25.8 Å². The standard InChI is InChI=1S/C15H16N2O2/c1-2-10-7-8-13(18-10)11(16)9-15-17-12-5-3-4-6-14(12)19-15/h3-8,11H,2,9,16H2,1H3. The molecule has 0 amide bonds. The first-order chi connectivity index (χ1) is 9.26. The number of nitrogens with two attached hydrogens (primary N) is 1. The maximum Gasteiger partial charge on any atom is 0.197 e. The van der Waals surface area contributed by atoms with Gasteiger partial charge in [0.15, 0.2) is 11.5 Å². The summed E-state index contributed by atoms with van der Waals surface area (Å²) in [5.41, 5.74) is 7.77. The lowest BCUT2D eigenvalue weighted by molar-refractivity contribution is 0.414. The molecule has 98 valence electrons. The van der Waals surface area contributed by atoms with Crippen molar-refractivity contribution in [3.05, 3.63) is 53.8 Å².